The number of piperazine rings is 1. The van der Waals surface area contributed by atoms with Gasteiger partial charge in [-0.2, -0.15) is 0 Å². The summed E-state index contributed by atoms with van der Waals surface area (Å²) in [7, 11) is 3.49. The van der Waals surface area contributed by atoms with Gasteiger partial charge in [0.15, 0.2) is 0 Å². The van der Waals surface area contributed by atoms with Crippen LogP contribution in [0.1, 0.15) is 11.1 Å². The molecule has 40 heavy (non-hydrogen) atoms. The van der Waals surface area contributed by atoms with Gasteiger partial charge in [-0.15, -0.1) is 0 Å². The highest BCUT2D eigenvalue weighted by molar-refractivity contribution is 6.00. The maximum absolute atomic E-state index is 12.9. The van der Waals surface area contributed by atoms with E-state index < -0.39 is 0 Å². The SMILES string of the molecule is COc1ccc(C)cc1NC(=O)Nc1ccc(N2CCN(C(=O)Nc3ccc(N(C)CCO)cc3C)CC2)cc1. The number of nitrogens with zero attached hydrogens (tertiary/aromatic N) is 3. The summed E-state index contributed by atoms with van der Waals surface area (Å²) in [6.45, 7) is 7.16. The molecule has 3 aromatic rings. The summed E-state index contributed by atoms with van der Waals surface area (Å²) < 4.78 is 5.33. The minimum Gasteiger partial charge on any atom is -0.495 e. The smallest absolute Gasteiger partial charge is 0.323 e. The molecule has 0 radical (unpaired) electrons. The van der Waals surface area contributed by atoms with Gasteiger partial charge >= 0.3 is 12.1 Å². The number of hydrogen-bond donors (Lipinski definition) is 4. The zero-order valence-corrected chi connectivity index (χ0v) is 23.5. The molecule has 0 aliphatic carbocycles. The Morgan fingerprint density at radius 1 is 0.900 bits per heavy atom. The number of amides is 4. The topological polar surface area (TPSA) is 109 Å². The number of methoxy groups -OCH3 is 1. The van der Waals surface area contributed by atoms with Crippen LogP contribution in [0.25, 0.3) is 0 Å². The van der Waals surface area contributed by atoms with Crippen LogP contribution in [0.4, 0.5) is 38.0 Å². The Bertz CT molecular complexity index is 1320. The summed E-state index contributed by atoms with van der Waals surface area (Å²) in [4.78, 5) is 31.5. The van der Waals surface area contributed by atoms with E-state index in [1.54, 1.807) is 7.11 Å². The highest BCUT2D eigenvalue weighted by Gasteiger charge is 2.22. The predicted molar refractivity (Wildman–Crippen MR) is 161 cm³/mol. The zero-order valence-electron chi connectivity index (χ0n) is 23.5. The van der Waals surface area contributed by atoms with E-state index in [1.165, 1.54) is 0 Å². The Hall–Kier alpha value is -4.44. The van der Waals surface area contributed by atoms with Crippen LogP contribution in [0.3, 0.4) is 0 Å². The fraction of sp³-hybridized carbons (Fsp3) is 0.333. The number of aliphatic hydroxyl groups excluding tert-OH is 1. The van der Waals surface area contributed by atoms with Gasteiger partial charge in [-0.25, -0.2) is 9.59 Å². The van der Waals surface area contributed by atoms with Gasteiger partial charge in [-0.3, -0.25) is 0 Å². The first-order valence-corrected chi connectivity index (χ1v) is 13.3. The molecule has 1 saturated heterocycles. The lowest BCUT2D eigenvalue weighted by atomic mass is 10.1. The lowest BCUT2D eigenvalue weighted by Crippen LogP contribution is -2.50. The Labute approximate surface area is 235 Å². The number of carbonyl (C=O) groups excluding carboxylic acids is 2. The number of anilines is 5. The van der Waals surface area contributed by atoms with Gasteiger partial charge in [-0.05, 0) is 79.6 Å². The summed E-state index contributed by atoms with van der Waals surface area (Å²) in [5.41, 5.74) is 6.07. The van der Waals surface area contributed by atoms with Crippen molar-refractivity contribution in [3.8, 4) is 5.75 Å². The Kier molecular flexibility index (Phi) is 9.34. The number of ether oxygens (including phenoxy) is 1. The van der Waals surface area contributed by atoms with Crippen LogP contribution >= 0.6 is 0 Å². The van der Waals surface area contributed by atoms with E-state index in [9.17, 15) is 9.59 Å². The molecular weight excluding hydrogens is 508 g/mol. The maximum atomic E-state index is 12.9. The average Bonchev–Trinajstić information content (AvgIpc) is 2.95. The van der Waals surface area contributed by atoms with Crippen molar-refractivity contribution in [1.82, 2.24) is 4.90 Å². The molecule has 0 atom stereocenters. The number of benzene rings is 3. The third-order valence-corrected chi connectivity index (χ3v) is 6.99. The molecule has 0 spiro atoms. The van der Waals surface area contributed by atoms with Crippen LogP contribution in [0, 0.1) is 13.8 Å². The molecule has 4 amide bonds. The summed E-state index contributed by atoms with van der Waals surface area (Å²) in [5, 5.41) is 17.9. The molecular formula is C30H38N6O4. The number of likely N-dealkylation sites (N-methyl/N-ethyl adjacent to an activating group) is 1. The van der Waals surface area contributed by atoms with Crippen molar-refractivity contribution in [2.45, 2.75) is 13.8 Å². The maximum Gasteiger partial charge on any atom is 0.323 e. The van der Waals surface area contributed by atoms with Crippen molar-refractivity contribution in [3.05, 3.63) is 71.8 Å². The van der Waals surface area contributed by atoms with Crippen LogP contribution < -0.4 is 30.5 Å². The standard InChI is InChI=1S/C30H38N6O4/c1-21-5-12-28(40-4)27(19-21)32-29(38)31-23-6-8-24(9-7-23)35-13-15-36(16-14-35)30(39)33-26-11-10-25(20-22(26)2)34(3)17-18-37/h5-12,19-20,37H,13-18H2,1-4H3,(H,33,39)(H2,31,32,38). The van der Waals surface area contributed by atoms with Crippen LogP contribution in [-0.4, -0.2) is 75.6 Å². The molecule has 10 nitrogen and oxygen atoms in total. The molecule has 1 aliphatic rings. The second-order valence-electron chi connectivity index (χ2n) is 9.88. The van der Waals surface area contributed by atoms with Crippen LogP contribution in [-0.2, 0) is 0 Å². The van der Waals surface area contributed by atoms with Gasteiger partial charge in [-0.1, -0.05) is 6.07 Å². The monoisotopic (exact) mass is 546 g/mol. The molecule has 1 heterocycles. The molecule has 10 heteroatoms. The highest BCUT2D eigenvalue weighted by atomic mass is 16.5. The molecule has 4 N–H and O–H groups in total. The zero-order chi connectivity index (χ0) is 28.6. The lowest BCUT2D eigenvalue weighted by Gasteiger charge is -2.36. The summed E-state index contributed by atoms with van der Waals surface area (Å²) in [6, 6.07) is 18.7. The van der Waals surface area contributed by atoms with Gasteiger partial charge in [0, 0.05) is 62.5 Å². The molecule has 0 bridgehead atoms. The molecule has 0 saturated carbocycles. The predicted octanol–water partition coefficient (Wildman–Crippen LogP) is 4.74. The number of urea groups is 2. The van der Waals surface area contributed by atoms with Gasteiger partial charge in [0.05, 0.1) is 19.4 Å². The third kappa shape index (κ3) is 7.15. The van der Waals surface area contributed by atoms with Crippen LogP contribution in [0.5, 0.6) is 5.75 Å². The molecule has 1 fully saturated rings. The van der Waals surface area contributed by atoms with Crippen molar-refractivity contribution in [3.63, 3.8) is 0 Å². The van der Waals surface area contributed by atoms with Crippen molar-refractivity contribution in [2.24, 2.45) is 0 Å². The van der Waals surface area contributed by atoms with Gasteiger partial charge in [0.2, 0.25) is 0 Å². The minimum atomic E-state index is -0.349. The fourth-order valence-corrected chi connectivity index (χ4v) is 4.63. The summed E-state index contributed by atoms with van der Waals surface area (Å²) in [5.74, 6) is 0.596. The number of nitrogens with one attached hydrogen (secondary N) is 3. The number of carbonyl (C=O) groups is 2. The number of rotatable bonds is 8. The molecule has 0 aromatic heterocycles. The van der Waals surface area contributed by atoms with E-state index in [4.69, 9.17) is 9.84 Å². The fourth-order valence-electron chi connectivity index (χ4n) is 4.63. The van der Waals surface area contributed by atoms with Gasteiger partial charge in [0.25, 0.3) is 0 Å². The molecule has 212 valence electrons. The first-order valence-electron chi connectivity index (χ1n) is 13.3. The molecule has 0 unspecified atom stereocenters. The van der Waals surface area contributed by atoms with E-state index in [0.717, 1.165) is 28.2 Å². The average molecular weight is 547 g/mol. The van der Waals surface area contributed by atoms with Gasteiger partial charge in [0.1, 0.15) is 5.75 Å². The van der Waals surface area contributed by atoms with Crippen molar-refractivity contribution in [1.29, 1.82) is 0 Å². The largest absolute Gasteiger partial charge is 0.495 e. The summed E-state index contributed by atoms with van der Waals surface area (Å²) in [6.07, 6.45) is 0. The van der Waals surface area contributed by atoms with Crippen LogP contribution in [0.2, 0.25) is 0 Å². The number of hydrogen-bond acceptors (Lipinski definition) is 6. The van der Waals surface area contributed by atoms with Crippen molar-refractivity contribution >= 4 is 40.5 Å². The number of aryl methyl sites for hydroxylation is 2. The van der Waals surface area contributed by atoms with E-state index in [-0.39, 0.29) is 18.7 Å². The second kappa shape index (κ2) is 13.1. The van der Waals surface area contributed by atoms with Gasteiger partial charge < -0.3 is 40.5 Å². The normalized spacial score (nSPS) is 13.0. The first-order chi connectivity index (χ1) is 19.3. The first kappa shape index (κ1) is 28.6. The van der Waals surface area contributed by atoms with E-state index >= 15 is 0 Å². The van der Waals surface area contributed by atoms with Crippen molar-refractivity contribution < 1.29 is 19.4 Å². The number of aliphatic hydroxyl groups is 1. The second-order valence-corrected chi connectivity index (χ2v) is 9.88. The van der Waals surface area contributed by atoms with E-state index in [0.29, 0.717) is 49.8 Å². The van der Waals surface area contributed by atoms with E-state index in [2.05, 4.69) is 20.9 Å². The van der Waals surface area contributed by atoms with E-state index in [1.807, 2.05) is 91.4 Å². The Balaban J connectivity index is 1.27. The molecule has 3 aromatic carbocycles. The lowest BCUT2D eigenvalue weighted by molar-refractivity contribution is 0.208. The molecule has 4 rings (SSSR count). The molecule has 1 aliphatic heterocycles. The summed E-state index contributed by atoms with van der Waals surface area (Å²) >= 11 is 0. The Morgan fingerprint density at radius 2 is 1.62 bits per heavy atom. The Morgan fingerprint density at radius 3 is 2.27 bits per heavy atom. The highest BCUT2D eigenvalue weighted by Crippen LogP contribution is 2.26. The third-order valence-electron chi connectivity index (χ3n) is 6.99. The quantitative estimate of drug-likeness (QED) is 0.325. The minimum absolute atomic E-state index is 0.0860. The van der Waals surface area contributed by atoms with Crippen LogP contribution in [0.15, 0.2) is 60.7 Å². The van der Waals surface area contributed by atoms with Crippen molar-refractivity contribution in [2.75, 3.05) is 79.2 Å².